The zero-order chi connectivity index (χ0) is 12.4. The van der Waals surface area contributed by atoms with Crippen LogP contribution in [-0.4, -0.2) is 16.2 Å². The van der Waals surface area contributed by atoms with Gasteiger partial charge in [-0.2, -0.15) is 0 Å². The molecule has 0 saturated carbocycles. The fourth-order valence-corrected chi connectivity index (χ4v) is 1.75. The summed E-state index contributed by atoms with van der Waals surface area (Å²) in [5.41, 5.74) is -0.421. The van der Waals surface area contributed by atoms with Crippen molar-refractivity contribution in [1.29, 1.82) is 0 Å². The minimum atomic E-state index is -0.488. The lowest BCUT2D eigenvalue weighted by Gasteiger charge is -2.09. The molecule has 17 heavy (non-hydrogen) atoms. The van der Waals surface area contributed by atoms with E-state index < -0.39 is 11.2 Å². The minimum Gasteiger partial charge on any atom is -0.361 e. The lowest BCUT2D eigenvalue weighted by Crippen LogP contribution is -2.31. The maximum absolute atomic E-state index is 11.6. The van der Waals surface area contributed by atoms with Crippen molar-refractivity contribution in [2.24, 2.45) is 0 Å². The quantitative estimate of drug-likeness (QED) is 0.899. The first-order valence-corrected chi connectivity index (χ1v) is 5.51. The third-order valence-electron chi connectivity index (χ3n) is 2.38. The van der Waals surface area contributed by atoms with Gasteiger partial charge in [0.15, 0.2) is 0 Å². The van der Waals surface area contributed by atoms with Crippen LogP contribution >= 0.6 is 11.6 Å². The van der Waals surface area contributed by atoms with Gasteiger partial charge in [-0.15, -0.1) is 0 Å². The van der Waals surface area contributed by atoms with E-state index in [0.717, 1.165) is 0 Å². The Morgan fingerprint density at radius 3 is 2.88 bits per heavy atom. The topological polar surface area (TPSA) is 64.1 Å². The van der Waals surface area contributed by atoms with E-state index >= 15 is 0 Å². The van der Waals surface area contributed by atoms with Gasteiger partial charge in [-0.25, -0.2) is 4.79 Å². The molecule has 0 amide bonds. The van der Waals surface area contributed by atoms with Crippen molar-refractivity contribution in [3.05, 3.63) is 44.1 Å². The van der Waals surface area contributed by atoms with E-state index in [1.54, 1.807) is 12.1 Å². The van der Waals surface area contributed by atoms with E-state index in [2.05, 4.69) is 4.98 Å². The molecule has 1 heterocycles. The zero-order valence-electron chi connectivity index (χ0n) is 9.20. The summed E-state index contributed by atoms with van der Waals surface area (Å²) in [5, 5.41) is 0.821. The third-order valence-corrected chi connectivity index (χ3v) is 2.62. The van der Waals surface area contributed by atoms with Crippen LogP contribution < -0.4 is 11.2 Å². The van der Waals surface area contributed by atoms with Gasteiger partial charge in [-0.1, -0.05) is 11.6 Å². The molecule has 6 heteroatoms. The molecule has 2 rings (SSSR count). The molecule has 0 fully saturated rings. The molecule has 0 radical (unpaired) electrons. The second kappa shape index (κ2) is 4.73. The molecule has 0 aliphatic carbocycles. The summed E-state index contributed by atoms with van der Waals surface area (Å²) >= 11 is 5.82. The van der Waals surface area contributed by atoms with Crippen molar-refractivity contribution in [2.45, 2.75) is 13.7 Å². The standard InChI is InChI=1S/C11H11ClN2O3/c1-2-17-6-14-9-4-3-7(12)5-8(9)10(15)13-11(14)16/h3-5H,2,6H2,1H3,(H,13,15,16). The van der Waals surface area contributed by atoms with Crippen molar-refractivity contribution < 1.29 is 4.74 Å². The number of H-pyrrole nitrogens is 1. The number of aromatic amines is 1. The Bertz CT molecular complexity index is 660. The number of aromatic nitrogens is 2. The fourth-order valence-electron chi connectivity index (χ4n) is 1.58. The van der Waals surface area contributed by atoms with Gasteiger partial charge in [-0.05, 0) is 25.1 Å². The molecule has 1 aromatic heterocycles. The molecular weight excluding hydrogens is 244 g/mol. The minimum absolute atomic E-state index is 0.101. The highest BCUT2D eigenvalue weighted by molar-refractivity contribution is 6.31. The predicted molar refractivity (Wildman–Crippen MR) is 65.5 cm³/mol. The first-order valence-electron chi connectivity index (χ1n) is 5.13. The zero-order valence-corrected chi connectivity index (χ0v) is 9.95. The summed E-state index contributed by atoms with van der Waals surface area (Å²) in [5.74, 6) is 0. The van der Waals surface area contributed by atoms with Crippen LogP contribution in [0.15, 0.2) is 27.8 Å². The SMILES string of the molecule is CCOCn1c(=O)[nH]c(=O)c2cc(Cl)ccc21. The van der Waals surface area contributed by atoms with Crippen LogP contribution in [0.4, 0.5) is 0 Å². The van der Waals surface area contributed by atoms with Crippen molar-refractivity contribution in [3.63, 3.8) is 0 Å². The van der Waals surface area contributed by atoms with Crippen LogP contribution in [0.5, 0.6) is 0 Å². The number of fused-ring (bicyclic) bond motifs is 1. The highest BCUT2D eigenvalue weighted by Gasteiger charge is 2.07. The molecule has 0 bridgehead atoms. The monoisotopic (exact) mass is 254 g/mol. The van der Waals surface area contributed by atoms with E-state index in [-0.39, 0.29) is 6.73 Å². The van der Waals surface area contributed by atoms with Crippen LogP contribution in [0.3, 0.4) is 0 Å². The average molecular weight is 255 g/mol. The Balaban J connectivity index is 2.74. The molecule has 1 N–H and O–H groups in total. The second-order valence-electron chi connectivity index (χ2n) is 3.47. The molecule has 0 atom stereocenters. The maximum atomic E-state index is 11.6. The Morgan fingerprint density at radius 2 is 2.18 bits per heavy atom. The Morgan fingerprint density at radius 1 is 1.41 bits per heavy atom. The van der Waals surface area contributed by atoms with Gasteiger partial charge in [0, 0.05) is 11.6 Å². The normalized spacial score (nSPS) is 10.9. The molecule has 1 aromatic carbocycles. The molecule has 2 aromatic rings. The summed E-state index contributed by atoms with van der Waals surface area (Å²) in [6, 6.07) is 4.79. The van der Waals surface area contributed by atoms with Gasteiger partial charge >= 0.3 is 5.69 Å². The van der Waals surface area contributed by atoms with Crippen molar-refractivity contribution >= 4 is 22.5 Å². The first-order chi connectivity index (χ1) is 8.13. The first kappa shape index (κ1) is 11.9. The molecule has 90 valence electrons. The number of halogens is 1. The van der Waals surface area contributed by atoms with Gasteiger partial charge in [0.2, 0.25) is 0 Å². The van der Waals surface area contributed by atoms with Crippen molar-refractivity contribution in [2.75, 3.05) is 6.61 Å². The number of rotatable bonds is 3. The molecule has 0 saturated heterocycles. The number of hydrogen-bond donors (Lipinski definition) is 1. The highest BCUT2D eigenvalue weighted by atomic mass is 35.5. The maximum Gasteiger partial charge on any atom is 0.330 e. The van der Waals surface area contributed by atoms with Crippen LogP contribution in [0, 0.1) is 0 Å². The van der Waals surface area contributed by atoms with Crippen LogP contribution in [0.1, 0.15) is 6.92 Å². The Hall–Kier alpha value is -1.59. The smallest absolute Gasteiger partial charge is 0.330 e. The largest absolute Gasteiger partial charge is 0.361 e. The third kappa shape index (κ3) is 2.25. The molecule has 0 aliphatic rings. The second-order valence-corrected chi connectivity index (χ2v) is 3.91. The van der Waals surface area contributed by atoms with Gasteiger partial charge in [-0.3, -0.25) is 14.3 Å². The lowest BCUT2D eigenvalue weighted by molar-refractivity contribution is 0.0875. The van der Waals surface area contributed by atoms with Crippen molar-refractivity contribution in [3.8, 4) is 0 Å². The molecule has 0 unspecified atom stereocenters. The van der Waals surface area contributed by atoms with Crippen LogP contribution in [0.2, 0.25) is 5.02 Å². The Labute approximate surface area is 102 Å². The summed E-state index contributed by atoms with van der Waals surface area (Å²) < 4.78 is 6.54. The van der Waals surface area contributed by atoms with Crippen LogP contribution in [-0.2, 0) is 11.5 Å². The fraction of sp³-hybridized carbons (Fsp3) is 0.273. The number of nitrogens with one attached hydrogen (secondary N) is 1. The van der Waals surface area contributed by atoms with E-state index in [4.69, 9.17) is 16.3 Å². The molecule has 5 nitrogen and oxygen atoms in total. The summed E-state index contributed by atoms with van der Waals surface area (Å²) in [4.78, 5) is 25.5. The molecular formula is C11H11ClN2O3. The van der Waals surface area contributed by atoms with Gasteiger partial charge in [0.25, 0.3) is 5.56 Å². The van der Waals surface area contributed by atoms with Gasteiger partial charge in [0.1, 0.15) is 6.73 Å². The van der Waals surface area contributed by atoms with E-state index in [1.165, 1.54) is 10.6 Å². The van der Waals surface area contributed by atoms with Gasteiger partial charge in [0.05, 0.1) is 10.9 Å². The summed E-state index contributed by atoms with van der Waals surface area (Å²) in [7, 11) is 0. The average Bonchev–Trinajstić information content (AvgIpc) is 2.29. The van der Waals surface area contributed by atoms with Crippen LogP contribution in [0.25, 0.3) is 10.9 Å². The Kier molecular flexibility index (Phi) is 3.31. The highest BCUT2D eigenvalue weighted by Crippen LogP contribution is 2.14. The van der Waals surface area contributed by atoms with Crippen molar-refractivity contribution in [1.82, 2.24) is 9.55 Å². The number of hydrogen-bond acceptors (Lipinski definition) is 3. The number of ether oxygens (including phenoxy) is 1. The van der Waals surface area contributed by atoms with E-state index in [1.807, 2.05) is 6.92 Å². The summed E-state index contributed by atoms with van der Waals surface area (Å²) in [6.07, 6.45) is 0. The van der Waals surface area contributed by atoms with Gasteiger partial charge < -0.3 is 4.74 Å². The van der Waals surface area contributed by atoms with E-state index in [0.29, 0.717) is 22.5 Å². The number of benzene rings is 1. The summed E-state index contributed by atoms with van der Waals surface area (Å²) in [6.45, 7) is 2.42. The van der Waals surface area contributed by atoms with E-state index in [9.17, 15) is 9.59 Å². The molecule has 0 aliphatic heterocycles. The predicted octanol–water partition coefficient (Wildman–Crippen LogP) is 1.34. The molecule has 0 spiro atoms. The lowest BCUT2D eigenvalue weighted by atomic mass is 10.2. The number of nitrogens with zero attached hydrogens (tertiary/aromatic N) is 1.